The van der Waals surface area contributed by atoms with Gasteiger partial charge in [-0.05, 0) is 37.4 Å². The minimum atomic E-state index is 0.0735. The van der Waals surface area contributed by atoms with Crippen molar-refractivity contribution in [2.24, 2.45) is 0 Å². The third kappa shape index (κ3) is 4.95. The molecule has 1 amide bonds. The van der Waals surface area contributed by atoms with Gasteiger partial charge in [0.15, 0.2) is 0 Å². The molecule has 17 heavy (non-hydrogen) atoms. The summed E-state index contributed by atoms with van der Waals surface area (Å²) in [6, 6.07) is 4.52. The quantitative estimate of drug-likeness (QED) is 0.687. The molecule has 0 saturated heterocycles. The molecule has 1 aliphatic rings. The molecule has 1 heterocycles. The Bertz CT molecular complexity index is 349. The molecule has 2 N–H and O–H groups in total. The van der Waals surface area contributed by atoms with E-state index in [0.717, 1.165) is 31.1 Å². The van der Waals surface area contributed by atoms with Crippen LogP contribution >= 0.6 is 0 Å². The molecule has 0 aliphatic heterocycles. The molecule has 0 aromatic carbocycles. The summed E-state index contributed by atoms with van der Waals surface area (Å²) in [5, 5.41) is 6.34. The Kier molecular flexibility index (Phi) is 4.50. The van der Waals surface area contributed by atoms with Crippen LogP contribution in [0.25, 0.3) is 0 Å². The standard InChI is InChI=1S/C13H19N3O/c17-13(9-11-3-1-6-14-10-11)16-8-2-7-15-12-4-5-12/h1,3,6,10,12,15H,2,4-5,7-9H2,(H,16,17). The van der Waals surface area contributed by atoms with Crippen LogP contribution < -0.4 is 10.6 Å². The van der Waals surface area contributed by atoms with Crippen LogP contribution in [-0.4, -0.2) is 30.0 Å². The highest BCUT2D eigenvalue weighted by Gasteiger charge is 2.19. The zero-order chi connectivity index (χ0) is 11.9. The van der Waals surface area contributed by atoms with Crippen molar-refractivity contribution in [1.29, 1.82) is 0 Å². The van der Waals surface area contributed by atoms with Crippen LogP contribution in [0.1, 0.15) is 24.8 Å². The van der Waals surface area contributed by atoms with Gasteiger partial charge in [-0.25, -0.2) is 0 Å². The first-order valence-electron chi connectivity index (χ1n) is 6.23. The average molecular weight is 233 g/mol. The molecule has 0 unspecified atom stereocenters. The van der Waals surface area contributed by atoms with Crippen LogP contribution in [0.4, 0.5) is 0 Å². The van der Waals surface area contributed by atoms with Crippen LogP contribution in [0.5, 0.6) is 0 Å². The van der Waals surface area contributed by atoms with Gasteiger partial charge in [0, 0.05) is 25.0 Å². The van der Waals surface area contributed by atoms with Crippen molar-refractivity contribution in [1.82, 2.24) is 15.6 Å². The lowest BCUT2D eigenvalue weighted by Gasteiger charge is -2.05. The summed E-state index contributed by atoms with van der Waals surface area (Å²) >= 11 is 0. The predicted octanol–water partition coefficient (Wildman–Crippen LogP) is 0.882. The molecule has 0 atom stereocenters. The van der Waals surface area contributed by atoms with Crippen molar-refractivity contribution in [3.8, 4) is 0 Å². The summed E-state index contributed by atoms with van der Waals surface area (Å²) in [7, 11) is 0. The SMILES string of the molecule is O=C(Cc1cccnc1)NCCCNC1CC1. The molecule has 1 saturated carbocycles. The number of carbonyl (C=O) groups excluding carboxylic acids is 1. The summed E-state index contributed by atoms with van der Waals surface area (Å²) < 4.78 is 0. The molecule has 4 heteroatoms. The molecule has 4 nitrogen and oxygen atoms in total. The van der Waals surface area contributed by atoms with E-state index in [0.29, 0.717) is 6.42 Å². The molecule has 0 bridgehead atoms. The van der Waals surface area contributed by atoms with Crippen molar-refractivity contribution in [2.75, 3.05) is 13.1 Å². The first-order chi connectivity index (χ1) is 8.34. The molecular formula is C13H19N3O. The normalized spacial score (nSPS) is 14.6. The lowest BCUT2D eigenvalue weighted by molar-refractivity contribution is -0.120. The fourth-order valence-electron chi connectivity index (χ4n) is 1.66. The van der Waals surface area contributed by atoms with Crippen molar-refractivity contribution >= 4 is 5.91 Å². The highest BCUT2D eigenvalue weighted by atomic mass is 16.1. The molecule has 0 radical (unpaired) electrons. The van der Waals surface area contributed by atoms with E-state index >= 15 is 0 Å². The summed E-state index contributed by atoms with van der Waals surface area (Å²) in [6.07, 6.45) is 7.49. The van der Waals surface area contributed by atoms with Gasteiger partial charge in [-0.15, -0.1) is 0 Å². The van der Waals surface area contributed by atoms with E-state index in [4.69, 9.17) is 0 Å². The zero-order valence-corrected chi connectivity index (χ0v) is 9.98. The second-order valence-electron chi connectivity index (χ2n) is 4.47. The van der Waals surface area contributed by atoms with Crippen LogP contribution in [0.15, 0.2) is 24.5 Å². The summed E-state index contributed by atoms with van der Waals surface area (Å²) in [5.74, 6) is 0.0735. The van der Waals surface area contributed by atoms with Gasteiger partial charge in [0.2, 0.25) is 5.91 Å². The van der Waals surface area contributed by atoms with Gasteiger partial charge in [0.05, 0.1) is 6.42 Å². The topological polar surface area (TPSA) is 54.0 Å². The highest BCUT2D eigenvalue weighted by molar-refractivity contribution is 5.78. The van der Waals surface area contributed by atoms with E-state index in [1.54, 1.807) is 12.4 Å². The van der Waals surface area contributed by atoms with E-state index < -0.39 is 0 Å². The first-order valence-corrected chi connectivity index (χ1v) is 6.23. The fourth-order valence-corrected chi connectivity index (χ4v) is 1.66. The number of rotatable bonds is 7. The minimum Gasteiger partial charge on any atom is -0.356 e. The number of amides is 1. The van der Waals surface area contributed by atoms with Gasteiger partial charge in [-0.1, -0.05) is 6.07 Å². The monoisotopic (exact) mass is 233 g/mol. The number of hydrogen-bond acceptors (Lipinski definition) is 3. The van der Waals surface area contributed by atoms with Gasteiger partial charge in [0.25, 0.3) is 0 Å². The second kappa shape index (κ2) is 6.35. The van der Waals surface area contributed by atoms with E-state index in [-0.39, 0.29) is 5.91 Å². The Morgan fingerprint density at radius 2 is 2.29 bits per heavy atom. The summed E-state index contributed by atoms with van der Waals surface area (Å²) in [4.78, 5) is 15.5. The summed E-state index contributed by atoms with van der Waals surface area (Å²) in [6.45, 7) is 1.75. The molecular weight excluding hydrogens is 214 g/mol. The zero-order valence-electron chi connectivity index (χ0n) is 9.98. The first kappa shape index (κ1) is 12.0. The van der Waals surface area contributed by atoms with Crippen molar-refractivity contribution in [2.45, 2.75) is 31.7 Å². The molecule has 0 spiro atoms. The van der Waals surface area contributed by atoms with E-state index in [1.165, 1.54) is 12.8 Å². The maximum Gasteiger partial charge on any atom is 0.224 e. The van der Waals surface area contributed by atoms with E-state index in [1.807, 2.05) is 12.1 Å². The fraction of sp³-hybridized carbons (Fsp3) is 0.538. The Balaban J connectivity index is 1.54. The third-order valence-electron chi connectivity index (χ3n) is 2.77. The molecule has 2 rings (SSSR count). The Morgan fingerprint density at radius 1 is 1.41 bits per heavy atom. The van der Waals surface area contributed by atoms with E-state index in [2.05, 4.69) is 15.6 Å². The van der Waals surface area contributed by atoms with Gasteiger partial charge in [-0.2, -0.15) is 0 Å². The number of pyridine rings is 1. The Labute approximate surface area is 102 Å². The van der Waals surface area contributed by atoms with Crippen molar-refractivity contribution in [3.63, 3.8) is 0 Å². The lowest BCUT2D eigenvalue weighted by Crippen LogP contribution is -2.29. The maximum atomic E-state index is 11.6. The molecule has 1 fully saturated rings. The average Bonchev–Trinajstić information content (AvgIpc) is 3.14. The van der Waals surface area contributed by atoms with Gasteiger partial charge < -0.3 is 10.6 Å². The highest BCUT2D eigenvalue weighted by Crippen LogP contribution is 2.18. The van der Waals surface area contributed by atoms with Gasteiger partial charge in [0.1, 0.15) is 0 Å². The minimum absolute atomic E-state index is 0.0735. The molecule has 92 valence electrons. The van der Waals surface area contributed by atoms with Crippen LogP contribution in [0.2, 0.25) is 0 Å². The van der Waals surface area contributed by atoms with Crippen LogP contribution in [0.3, 0.4) is 0 Å². The van der Waals surface area contributed by atoms with Crippen molar-refractivity contribution in [3.05, 3.63) is 30.1 Å². The maximum absolute atomic E-state index is 11.6. The number of nitrogens with one attached hydrogen (secondary N) is 2. The van der Waals surface area contributed by atoms with E-state index in [9.17, 15) is 4.79 Å². The van der Waals surface area contributed by atoms with Crippen LogP contribution in [0, 0.1) is 0 Å². The second-order valence-corrected chi connectivity index (χ2v) is 4.47. The third-order valence-corrected chi connectivity index (χ3v) is 2.77. The molecule has 1 aromatic heterocycles. The number of hydrogen-bond donors (Lipinski definition) is 2. The smallest absolute Gasteiger partial charge is 0.224 e. The summed E-state index contributed by atoms with van der Waals surface area (Å²) in [5.41, 5.74) is 0.959. The number of carbonyl (C=O) groups is 1. The van der Waals surface area contributed by atoms with Crippen LogP contribution in [-0.2, 0) is 11.2 Å². The Hall–Kier alpha value is -1.42. The van der Waals surface area contributed by atoms with Gasteiger partial charge in [-0.3, -0.25) is 9.78 Å². The molecule has 1 aliphatic carbocycles. The Morgan fingerprint density at radius 3 is 3.00 bits per heavy atom. The largest absolute Gasteiger partial charge is 0.356 e. The lowest BCUT2D eigenvalue weighted by atomic mass is 10.2. The van der Waals surface area contributed by atoms with Gasteiger partial charge >= 0.3 is 0 Å². The molecule has 1 aromatic rings. The number of nitrogens with zero attached hydrogens (tertiary/aromatic N) is 1. The number of aromatic nitrogens is 1. The predicted molar refractivity (Wildman–Crippen MR) is 66.6 cm³/mol. The van der Waals surface area contributed by atoms with Crippen molar-refractivity contribution < 1.29 is 4.79 Å².